The van der Waals surface area contributed by atoms with Crippen LogP contribution in [-0.4, -0.2) is 36.1 Å². The summed E-state index contributed by atoms with van der Waals surface area (Å²) < 4.78 is 0. The lowest BCUT2D eigenvalue weighted by Crippen LogP contribution is -2.29. The Bertz CT molecular complexity index is 424. The number of nitrogens with zero attached hydrogens (tertiary/aromatic N) is 3. The second-order valence-corrected chi connectivity index (χ2v) is 6.10. The van der Waals surface area contributed by atoms with Crippen molar-refractivity contribution in [3.05, 3.63) is 23.9 Å². The van der Waals surface area contributed by atoms with Gasteiger partial charge in [0.1, 0.15) is 5.82 Å². The number of anilines is 1. The zero-order valence-corrected chi connectivity index (χ0v) is 12.7. The van der Waals surface area contributed by atoms with Crippen LogP contribution in [0.1, 0.15) is 57.1 Å². The zero-order valence-electron chi connectivity index (χ0n) is 12.7. The van der Waals surface area contributed by atoms with Crippen LogP contribution in [0.15, 0.2) is 18.3 Å². The Morgan fingerprint density at radius 2 is 1.90 bits per heavy atom. The molecule has 2 aliphatic heterocycles. The smallest absolute Gasteiger partial charge is 0.133 e. The van der Waals surface area contributed by atoms with Gasteiger partial charge in [0.15, 0.2) is 0 Å². The van der Waals surface area contributed by atoms with E-state index in [0.29, 0.717) is 6.04 Å². The molecule has 0 aromatic carbocycles. The molecular formula is C17H27N3. The molecular weight excluding hydrogens is 246 g/mol. The number of pyridine rings is 1. The maximum Gasteiger partial charge on any atom is 0.133 e. The van der Waals surface area contributed by atoms with Crippen LogP contribution in [-0.2, 0) is 0 Å². The topological polar surface area (TPSA) is 19.4 Å². The van der Waals surface area contributed by atoms with Crippen LogP contribution in [0, 0.1) is 0 Å². The Balaban J connectivity index is 1.87. The summed E-state index contributed by atoms with van der Waals surface area (Å²) in [6, 6.07) is 5.02. The molecule has 0 saturated carbocycles. The summed E-state index contributed by atoms with van der Waals surface area (Å²) in [5.41, 5.74) is 1.47. The van der Waals surface area contributed by atoms with Gasteiger partial charge in [0.2, 0.25) is 0 Å². The highest BCUT2D eigenvalue weighted by Crippen LogP contribution is 2.36. The van der Waals surface area contributed by atoms with Gasteiger partial charge in [-0.15, -0.1) is 0 Å². The first-order valence-electron chi connectivity index (χ1n) is 8.34. The lowest BCUT2D eigenvalue weighted by Gasteiger charge is -2.29. The van der Waals surface area contributed by atoms with Crippen LogP contribution in [0.4, 0.5) is 5.82 Å². The maximum atomic E-state index is 4.76. The monoisotopic (exact) mass is 273 g/mol. The molecule has 2 saturated heterocycles. The minimum atomic E-state index is 0.590. The summed E-state index contributed by atoms with van der Waals surface area (Å²) in [4.78, 5) is 9.90. The minimum absolute atomic E-state index is 0.590. The highest BCUT2D eigenvalue weighted by Gasteiger charge is 2.28. The molecule has 1 aromatic heterocycles. The first-order valence-corrected chi connectivity index (χ1v) is 8.34. The quantitative estimate of drug-likeness (QED) is 0.838. The summed E-state index contributed by atoms with van der Waals surface area (Å²) in [7, 11) is 0. The summed E-state index contributed by atoms with van der Waals surface area (Å²) >= 11 is 0. The van der Waals surface area contributed by atoms with E-state index in [1.165, 1.54) is 69.5 Å². The number of likely N-dealkylation sites (tertiary alicyclic amines) is 1. The molecule has 3 heteroatoms. The lowest BCUT2D eigenvalue weighted by molar-refractivity contribution is 0.271. The van der Waals surface area contributed by atoms with Crippen molar-refractivity contribution >= 4 is 5.82 Å². The summed E-state index contributed by atoms with van der Waals surface area (Å²) in [6.45, 7) is 7.04. The molecule has 1 atom stereocenters. The van der Waals surface area contributed by atoms with E-state index < -0.39 is 0 Å². The van der Waals surface area contributed by atoms with Gasteiger partial charge in [-0.1, -0.05) is 25.8 Å². The Labute approximate surface area is 123 Å². The Morgan fingerprint density at radius 3 is 2.65 bits per heavy atom. The van der Waals surface area contributed by atoms with Gasteiger partial charge in [-0.05, 0) is 44.8 Å². The third kappa shape index (κ3) is 2.83. The fourth-order valence-electron chi connectivity index (χ4n) is 3.77. The standard InChI is InChI=1S/C17H27N3/c1-2-19-14-8-10-16(19)15-9-7-11-18-17(15)20-12-5-3-4-6-13-20/h7,9,11,16H,2-6,8,10,12-14H2,1H3. The molecule has 110 valence electrons. The van der Waals surface area contributed by atoms with Crippen molar-refractivity contribution in [3.8, 4) is 0 Å². The largest absolute Gasteiger partial charge is 0.356 e. The SMILES string of the molecule is CCN1CCCC1c1cccnc1N1CCCCCC1. The van der Waals surface area contributed by atoms with Crippen LogP contribution < -0.4 is 4.90 Å². The van der Waals surface area contributed by atoms with E-state index in [-0.39, 0.29) is 0 Å². The van der Waals surface area contributed by atoms with Crippen LogP contribution in [0.2, 0.25) is 0 Å². The molecule has 0 aliphatic carbocycles. The predicted molar refractivity (Wildman–Crippen MR) is 84.1 cm³/mol. The summed E-state index contributed by atoms with van der Waals surface area (Å²) in [5, 5.41) is 0. The molecule has 1 aromatic rings. The lowest BCUT2D eigenvalue weighted by atomic mass is 10.0. The van der Waals surface area contributed by atoms with Crippen molar-refractivity contribution in [2.45, 2.75) is 51.5 Å². The second kappa shape index (κ2) is 6.57. The van der Waals surface area contributed by atoms with E-state index in [1.807, 2.05) is 6.20 Å². The molecule has 3 rings (SSSR count). The molecule has 3 heterocycles. The highest BCUT2D eigenvalue weighted by atomic mass is 15.2. The van der Waals surface area contributed by atoms with Crippen LogP contribution in [0.5, 0.6) is 0 Å². The molecule has 1 unspecified atom stereocenters. The van der Waals surface area contributed by atoms with Gasteiger partial charge in [0, 0.05) is 30.9 Å². The molecule has 0 N–H and O–H groups in total. The summed E-state index contributed by atoms with van der Waals surface area (Å²) in [5.74, 6) is 1.26. The zero-order chi connectivity index (χ0) is 13.8. The van der Waals surface area contributed by atoms with Gasteiger partial charge in [0.25, 0.3) is 0 Å². The number of hydrogen-bond donors (Lipinski definition) is 0. The van der Waals surface area contributed by atoms with Gasteiger partial charge >= 0.3 is 0 Å². The van der Waals surface area contributed by atoms with Gasteiger partial charge in [-0.2, -0.15) is 0 Å². The molecule has 2 aliphatic rings. The third-order valence-corrected chi connectivity index (χ3v) is 4.85. The van der Waals surface area contributed by atoms with Crippen LogP contribution in [0.3, 0.4) is 0 Å². The van der Waals surface area contributed by atoms with E-state index in [4.69, 9.17) is 4.98 Å². The van der Waals surface area contributed by atoms with Crippen molar-refractivity contribution in [1.82, 2.24) is 9.88 Å². The van der Waals surface area contributed by atoms with Crippen molar-refractivity contribution < 1.29 is 0 Å². The van der Waals surface area contributed by atoms with Gasteiger partial charge in [0.05, 0.1) is 0 Å². The second-order valence-electron chi connectivity index (χ2n) is 6.10. The van der Waals surface area contributed by atoms with E-state index in [0.717, 1.165) is 6.54 Å². The van der Waals surface area contributed by atoms with Crippen molar-refractivity contribution in [2.24, 2.45) is 0 Å². The molecule has 0 spiro atoms. The highest BCUT2D eigenvalue weighted by molar-refractivity contribution is 5.49. The Kier molecular flexibility index (Phi) is 4.56. The Morgan fingerprint density at radius 1 is 1.10 bits per heavy atom. The van der Waals surface area contributed by atoms with Crippen molar-refractivity contribution in [2.75, 3.05) is 31.1 Å². The minimum Gasteiger partial charge on any atom is -0.356 e. The van der Waals surface area contributed by atoms with Crippen LogP contribution >= 0.6 is 0 Å². The third-order valence-electron chi connectivity index (χ3n) is 4.85. The first-order chi connectivity index (χ1) is 9.90. The van der Waals surface area contributed by atoms with Crippen LogP contribution in [0.25, 0.3) is 0 Å². The molecule has 20 heavy (non-hydrogen) atoms. The molecule has 0 bridgehead atoms. The Hall–Kier alpha value is -1.09. The maximum absolute atomic E-state index is 4.76. The average Bonchev–Trinajstić information content (AvgIpc) is 2.81. The number of aromatic nitrogens is 1. The fraction of sp³-hybridized carbons (Fsp3) is 0.706. The molecule has 3 nitrogen and oxygen atoms in total. The first kappa shape index (κ1) is 13.9. The van der Waals surface area contributed by atoms with E-state index in [2.05, 4.69) is 28.9 Å². The van der Waals surface area contributed by atoms with E-state index in [1.54, 1.807) is 0 Å². The number of hydrogen-bond acceptors (Lipinski definition) is 3. The van der Waals surface area contributed by atoms with Crippen molar-refractivity contribution in [3.63, 3.8) is 0 Å². The van der Waals surface area contributed by atoms with E-state index >= 15 is 0 Å². The average molecular weight is 273 g/mol. The predicted octanol–water partition coefficient (Wildman–Crippen LogP) is 3.62. The summed E-state index contributed by atoms with van der Waals surface area (Å²) in [6.07, 6.45) is 9.98. The van der Waals surface area contributed by atoms with E-state index in [9.17, 15) is 0 Å². The van der Waals surface area contributed by atoms with Gasteiger partial charge in [-0.25, -0.2) is 4.98 Å². The van der Waals surface area contributed by atoms with Gasteiger partial charge < -0.3 is 4.90 Å². The fourth-order valence-corrected chi connectivity index (χ4v) is 3.77. The van der Waals surface area contributed by atoms with Crippen molar-refractivity contribution in [1.29, 1.82) is 0 Å². The number of rotatable bonds is 3. The molecule has 2 fully saturated rings. The molecule has 0 amide bonds. The normalized spacial score (nSPS) is 24.9. The molecule has 0 radical (unpaired) electrons. The van der Waals surface area contributed by atoms with Gasteiger partial charge in [-0.3, -0.25) is 4.90 Å².